The lowest BCUT2D eigenvalue weighted by Gasteiger charge is -2.11. The highest BCUT2D eigenvalue weighted by atomic mass is 32.2. The number of hydrogen-bond donors (Lipinski definition) is 0. The molecule has 4 heterocycles. The fourth-order valence-corrected chi connectivity index (χ4v) is 4.52. The van der Waals surface area contributed by atoms with Gasteiger partial charge in [0, 0.05) is 55.3 Å². The van der Waals surface area contributed by atoms with E-state index in [-0.39, 0.29) is 10.7 Å². The van der Waals surface area contributed by atoms with Crippen LogP contribution in [0.25, 0.3) is 38.9 Å². The van der Waals surface area contributed by atoms with Crippen molar-refractivity contribution in [3.8, 4) is 22.7 Å². The van der Waals surface area contributed by atoms with Gasteiger partial charge in [-0.2, -0.15) is 5.10 Å². The fraction of sp³-hybridized carbons (Fsp3) is 0.182. The van der Waals surface area contributed by atoms with Crippen LogP contribution in [0.15, 0.2) is 52.7 Å². The normalized spacial score (nSPS) is 12.0. The Morgan fingerprint density at radius 3 is 2.44 bits per heavy atom. The number of hydrogen-bond acceptors (Lipinski definition) is 7. The molecule has 0 spiro atoms. The summed E-state index contributed by atoms with van der Waals surface area (Å²) in [6.45, 7) is 0. The third kappa shape index (κ3) is 3.25. The first-order valence-corrected chi connectivity index (χ1v) is 11.9. The van der Waals surface area contributed by atoms with Gasteiger partial charge in [0.15, 0.2) is 21.5 Å². The topological polar surface area (TPSA) is 114 Å². The predicted molar refractivity (Wildman–Crippen MR) is 123 cm³/mol. The summed E-state index contributed by atoms with van der Waals surface area (Å²) >= 11 is 0. The van der Waals surface area contributed by atoms with Crippen LogP contribution in [-0.2, 0) is 23.9 Å². The predicted octanol–water partition coefficient (Wildman–Crippen LogP) is 2.22. The van der Waals surface area contributed by atoms with Gasteiger partial charge < -0.3 is 4.74 Å². The molecule has 0 aliphatic carbocycles. The number of imidazole rings is 1. The second-order valence-corrected chi connectivity index (χ2v) is 9.91. The first kappa shape index (κ1) is 21.8. The minimum Gasteiger partial charge on any atom is -0.496 e. The van der Waals surface area contributed by atoms with Crippen LogP contribution in [0, 0.1) is 5.82 Å². The van der Waals surface area contributed by atoms with Gasteiger partial charge in [-0.15, -0.1) is 0 Å². The minimum atomic E-state index is -3.68. The standard InChI is InChI=1S/C22H19FN6O4S/c1-27-11-12(8-26-27)14-6-15-17(7-19(14)33-3)24-10-18-20(15)29(22(30)28(18)2)21-16(23)5-13(9-25-21)34(4,31)32/h5-11H,1-4H3. The van der Waals surface area contributed by atoms with Crippen LogP contribution in [0.5, 0.6) is 5.75 Å². The number of methoxy groups -OCH3 is 1. The summed E-state index contributed by atoms with van der Waals surface area (Å²) in [5, 5.41) is 4.77. The fourth-order valence-electron chi connectivity index (χ4n) is 3.96. The maximum absolute atomic E-state index is 15.1. The summed E-state index contributed by atoms with van der Waals surface area (Å²) in [5.74, 6) is -0.697. The number of sulfone groups is 1. The van der Waals surface area contributed by atoms with Crippen LogP contribution in [0.2, 0.25) is 0 Å². The number of nitrogens with zero attached hydrogens (tertiary/aromatic N) is 6. The molecule has 0 aliphatic heterocycles. The third-order valence-electron chi connectivity index (χ3n) is 5.66. The number of fused-ring (bicyclic) bond motifs is 3. The zero-order valence-corrected chi connectivity index (χ0v) is 19.5. The van der Waals surface area contributed by atoms with Gasteiger partial charge in [-0.3, -0.25) is 14.2 Å². The second kappa shape index (κ2) is 7.48. The Bertz CT molecular complexity index is 1790. The molecule has 34 heavy (non-hydrogen) atoms. The highest BCUT2D eigenvalue weighted by Crippen LogP contribution is 2.36. The van der Waals surface area contributed by atoms with Gasteiger partial charge in [0.2, 0.25) is 0 Å². The molecular formula is C22H19FN6O4S. The first-order chi connectivity index (χ1) is 16.1. The smallest absolute Gasteiger partial charge is 0.334 e. The third-order valence-corrected chi connectivity index (χ3v) is 6.74. The van der Waals surface area contributed by atoms with Crippen LogP contribution in [0.1, 0.15) is 0 Å². The zero-order chi connectivity index (χ0) is 24.4. The SMILES string of the molecule is COc1cc2ncc3c(c2cc1-c1cnn(C)c1)n(-c1ncc(S(C)(=O)=O)cc1F)c(=O)n3C. The summed E-state index contributed by atoms with van der Waals surface area (Å²) in [4.78, 5) is 21.4. The minimum absolute atomic E-state index is 0.280. The van der Waals surface area contributed by atoms with Crippen molar-refractivity contribution < 1.29 is 17.5 Å². The maximum atomic E-state index is 15.1. The molecule has 12 heteroatoms. The number of benzene rings is 1. The Kier molecular flexibility index (Phi) is 4.79. The van der Waals surface area contributed by atoms with E-state index in [0.29, 0.717) is 33.2 Å². The molecule has 0 unspecified atom stereocenters. The molecule has 0 aliphatic rings. The van der Waals surface area contributed by atoms with Crippen LogP contribution >= 0.6 is 0 Å². The van der Waals surface area contributed by atoms with E-state index in [2.05, 4.69) is 15.1 Å². The van der Waals surface area contributed by atoms with Gasteiger partial charge in [-0.1, -0.05) is 0 Å². The summed E-state index contributed by atoms with van der Waals surface area (Å²) in [7, 11) is 1.20. The van der Waals surface area contributed by atoms with E-state index in [0.717, 1.165) is 28.6 Å². The van der Waals surface area contributed by atoms with Crippen molar-refractivity contribution in [1.82, 2.24) is 28.9 Å². The number of pyridine rings is 2. The van der Waals surface area contributed by atoms with Crippen molar-refractivity contribution in [3.63, 3.8) is 0 Å². The van der Waals surface area contributed by atoms with Crippen molar-refractivity contribution in [2.45, 2.75) is 4.90 Å². The molecule has 0 radical (unpaired) electrons. The Balaban J connectivity index is 1.89. The van der Waals surface area contributed by atoms with Gasteiger partial charge in [-0.25, -0.2) is 27.2 Å². The molecule has 0 N–H and O–H groups in total. The molecule has 0 saturated carbocycles. The average molecular weight is 482 g/mol. The van der Waals surface area contributed by atoms with Gasteiger partial charge in [0.05, 0.1) is 40.9 Å². The Labute approximate surface area is 192 Å². The number of halogens is 1. The van der Waals surface area contributed by atoms with Gasteiger partial charge >= 0.3 is 5.69 Å². The van der Waals surface area contributed by atoms with Crippen LogP contribution in [0.3, 0.4) is 0 Å². The molecule has 0 fully saturated rings. The quantitative estimate of drug-likeness (QED) is 0.386. The molecule has 1 aromatic carbocycles. The molecule has 0 amide bonds. The van der Waals surface area contributed by atoms with Crippen LogP contribution in [-0.4, -0.2) is 50.7 Å². The average Bonchev–Trinajstić information content (AvgIpc) is 3.33. The molecule has 0 atom stereocenters. The summed E-state index contributed by atoms with van der Waals surface area (Å²) in [6, 6.07) is 4.39. The van der Waals surface area contributed by atoms with E-state index in [1.165, 1.54) is 10.8 Å². The Morgan fingerprint density at radius 2 is 1.82 bits per heavy atom. The molecule has 4 aromatic heterocycles. The number of rotatable bonds is 4. The van der Waals surface area contributed by atoms with Gasteiger partial charge in [-0.05, 0) is 12.1 Å². The summed E-state index contributed by atoms with van der Waals surface area (Å²) in [6.07, 6.45) is 7.01. The maximum Gasteiger partial charge on any atom is 0.334 e. The van der Waals surface area contributed by atoms with Crippen molar-refractivity contribution in [3.05, 3.63) is 59.3 Å². The number of aromatic nitrogens is 6. The Morgan fingerprint density at radius 1 is 1.06 bits per heavy atom. The monoisotopic (exact) mass is 482 g/mol. The van der Waals surface area contributed by atoms with E-state index in [4.69, 9.17) is 4.74 Å². The second-order valence-electron chi connectivity index (χ2n) is 7.89. The molecule has 0 bridgehead atoms. The summed E-state index contributed by atoms with van der Waals surface area (Å²) < 4.78 is 48.4. The van der Waals surface area contributed by atoms with Crippen LogP contribution < -0.4 is 10.4 Å². The van der Waals surface area contributed by atoms with Crippen molar-refractivity contribution in [2.75, 3.05) is 13.4 Å². The van der Waals surface area contributed by atoms with E-state index >= 15 is 4.39 Å². The van der Waals surface area contributed by atoms with Crippen molar-refractivity contribution in [1.29, 1.82) is 0 Å². The highest BCUT2D eigenvalue weighted by molar-refractivity contribution is 7.90. The lowest BCUT2D eigenvalue weighted by molar-refractivity contribution is 0.417. The van der Waals surface area contributed by atoms with E-state index < -0.39 is 21.3 Å². The molecule has 5 aromatic rings. The zero-order valence-electron chi connectivity index (χ0n) is 18.6. The number of aryl methyl sites for hydroxylation is 2. The lowest BCUT2D eigenvalue weighted by Crippen LogP contribution is -2.22. The van der Waals surface area contributed by atoms with Crippen molar-refractivity contribution >= 4 is 31.8 Å². The van der Waals surface area contributed by atoms with E-state index in [9.17, 15) is 13.2 Å². The molecule has 0 saturated heterocycles. The molecule has 5 rings (SSSR count). The summed E-state index contributed by atoms with van der Waals surface area (Å²) in [5.41, 5.74) is 2.29. The highest BCUT2D eigenvalue weighted by Gasteiger charge is 2.22. The lowest BCUT2D eigenvalue weighted by atomic mass is 10.0. The Hall–Kier alpha value is -4.06. The first-order valence-electron chi connectivity index (χ1n) is 10.0. The van der Waals surface area contributed by atoms with E-state index in [1.54, 1.807) is 44.2 Å². The molecular weight excluding hydrogens is 463 g/mol. The number of ether oxygens (including phenoxy) is 1. The van der Waals surface area contributed by atoms with Gasteiger partial charge in [0.1, 0.15) is 5.75 Å². The largest absolute Gasteiger partial charge is 0.496 e. The molecule has 174 valence electrons. The van der Waals surface area contributed by atoms with Crippen molar-refractivity contribution in [2.24, 2.45) is 14.1 Å². The molecule has 10 nitrogen and oxygen atoms in total. The van der Waals surface area contributed by atoms with Crippen LogP contribution in [0.4, 0.5) is 4.39 Å². The van der Waals surface area contributed by atoms with Gasteiger partial charge in [0.25, 0.3) is 0 Å². The van der Waals surface area contributed by atoms with E-state index in [1.807, 2.05) is 6.20 Å².